The molecule has 1 fully saturated rings. The molecule has 3 nitrogen and oxygen atoms in total. The van der Waals surface area contributed by atoms with Crippen LogP contribution in [0, 0.1) is 5.92 Å². The Morgan fingerprint density at radius 2 is 2.43 bits per heavy atom. The second kappa shape index (κ2) is 4.13. The molecule has 3 heteroatoms. The first-order chi connectivity index (χ1) is 6.79. The highest BCUT2D eigenvalue weighted by atomic mass is 16.5. The molecule has 1 aromatic heterocycles. The fraction of sp³-hybridized carbons (Fsp3) is 0.727. The Morgan fingerprint density at radius 1 is 1.64 bits per heavy atom. The predicted molar refractivity (Wildman–Crippen MR) is 54.9 cm³/mol. The monoisotopic (exact) mass is 194 g/mol. The van der Waals surface area contributed by atoms with Gasteiger partial charge in [0.25, 0.3) is 0 Å². The number of hydrogen-bond donors (Lipinski definition) is 1. The Bertz CT molecular complexity index is 291. The summed E-state index contributed by atoms with van der Waals surface area (Å²) in [5, 5.41) is 7.42. The average Bonchev–Trinajstić information content (AvgIpc) is 2.94. The lowest BCUT2D eigenvalue weighted by Crippen LogP contribution is -2.26. The van der Waals surface area contributed by atoms with E-state index in [9.17, 15) is 0 Å². The van der Waals surface area contributed by atoms with Gasteiger partial charge in [-0.15, -0.1) is 0 Å². The van der Waals surface area contributed by atoms with Gasteiger partial charge in [0.15, 0.2) is 5.76 Å². The first kappa shape index (κ1) is 9.71. The van der Waals surface area contributed by atoms with E-state index in [4.69, 9.17) is 4.52 Å². The van der Waals surface area contributed by atoms with E-state index < -0.39 is 0 Å². The SMILES string of the molecule is CCc1cc(CNC(C)C2CC2)on1. The molecule has 0 aliphatic heterocycles. The quantitative estimate of drug-likeness (QED) is 0.780. The molecule has 0 amide bonds. The summed E-state index contributed by atoms with van der Waals surface area (Å²) in [6.07, 6.45) is 3.71. The number of nitrogens with one attached hydrogen (secondary N) is 1. The molecule has 1 atom stereocenters. The first-order valence-electron chi connectivity index (χ1n) is 5.47. The van der Waals surface area contributed by atoms with Gasteiger partial charge in [0.2, 0.25) is 0 Å². The summed E-state index contributed by atoms with van der Waals surface area (Å²) in [5.41, 5.74) is 1.04. The molecule has 1 aliphatic carbocycles. The fourth-order valence-corrected chi connectivity index (χ4v) is 1.63. The molecule has 1 aromatic rings. The van der Waals surface area contributed by atoms with E-state index in [2.05, 4.69) is 24.3 Å². The van der Waals surface area contributed by atoms with Gasteiger partial charge in [-0.05, 0) is 32.1 Å². The van der Waals surface area contributed by atoms with E-state index in [1.807, 2.05) is 6.07 Å². The number of hydrogen-bond acceptors (Lipinski definition) is 3. The third kappa shape index (κ3) is 2.35. The van der Waals surface area contributed by atoms with E-state index in [0.717, 1.165) is 30.3 Å². The first-order valence-corrected chi connectivity index (χ1v) is 5.47. The van der Waals surface area contributed by atoms with Crippen LogP contribution in [0.15, 0.2) is 10.6 Å². The molecule has 1 aliphatic rings. The minimum atomic E-state index is 0.616. The largest absolute Gasteiger partial charge is 0.360 e. The summed E-state index contributed by atoms with van der Waals surface area (Å²) >= 11 is 0. The van der Waals surface area contributed by atoms with Gasteiger partial charge < -0.3 is 9.84 Å². The Morgan fingerprint density at radius 3 is 3.00 bits per heavy atom. The summed E-state index contributed by atoms with van der Waals surface area (Å²) in [4.78, 5) is 0. The molecule has 0 saturated heterocycles. The molecule has 1 heterocycles. The molecule has 1 N–H and O–H groups in total. The lowest BCUT2D eigenvalue weighted by Gasteiger charge is -2.09. The zero-order chi connectivity index (χ0) is 9.97. The van der Waals surface area contributed by atoms with Crippen LogP contribution >= 0.6 is 0 Å². The van der Waals surface area contributed by atoms with Crippen molar-refractivity contribution in [3.63, 3.8) is 0 Å². The molecule has 0 spiro atoms. The van der Waals surface area contributed by atoms with E-state index in [0.29, 0.717) is 6.04 Å². The van der Waals surface area contributed by atoms with Crippen LogP contribution in [0.25, 0.3) is 0 Å². The van der Waals surface area contributed by atoms with Crippen LogP contribution in [-0.2, 0) is 13.0 Å². The normalized spacial score (nSPS) is 18.4. The fourth-order valence-electron chi connectivity index (χ4n) is 1.63. The van der Waals surface area contributed by atoms with Gasteiger partial charge in [-0.25, -0.2) is 0 Å². The zero-order valence-corrected chi connectivity index (χ0v) is 8.92. The van der Waals surface area contributed by atoms with Gasteiger partial charge in [0, 0.05) is 12.1 Å². The Kier molecular flexibility index (Phi) is 2.87. The second-order valence-electron chi connectivity index (χ2n) is 4.15. The molecule has 78 valence electrons. The lowest BCUT2D eigenvalue weighted by molar-refractivity contribution is 0.356. The third-order valence-electron chi connectivity index (χ3n) is 2.90. The lowest BCUT2D eigenvalue weighted by atomic mass is 10.2. The molecule has 0 radical (unpaired) electrons. The minimum Gasteiger partial charge on any atom is -0.360 e. The standard InChI is InChI=1S/C11H18N2O/c1-3-10-6-11(14-13-10)7-12-8(2)9-4-5-9/h6,8-9,12H,3-5,7H2,1-2H3. The molecular weight excluding hydrogens is 176 g/mol. The van der Waals surface area contributed by atoms with E-state index >= 15 is 0 Å². The zero-order valence-electron chi connectivity index (χ0n) is 8.92. The summed E-state index contributed by atoms with van der Waals surface area (Å²) in [6, 6.07) is 2.65. The Balaban J connectivity index is 1.78. The number of nitrogens with zero attached hydrogens (tertiary/aromatic N) is 1. The smallest absolute Gasteiger partial charge is 0.150 e. The van der Waals surface area contributed by atoms with Crippen molar-refractivity contribution in [2.45, 2.75) is 45.7 Å². The van der Waals surface area contributed by atoms with Crippen LogP contribution in [0.5, 0.6) is 0 Å². The maximum atomic E-state index is 5.19. The van der Waals surface area contributed by atoms with Crippen molar-refractivity contribution in [3.05, 3.63) is 17.5 Å². The summed E-state index contributed by atoms with van der Waals surface area (Å²) < 4.78 is 5.19. The van der Waals surface area contributed by atoms with Crippen molar-refractivity contribution in [1.29, 1.82) is 0 Å². The molecule has 14 heavy (non-hydrogen) atoms. The van der Waals surface area contributed by atoms with Crippen LogP contribution in [0.1, 0.15) is 38.1 Å². The molecule has 1 saturated carbocycles. The van der Waals surface area contributed by atoms with Crippen LogP contribution in [0.4, 0.5) is 0 Å². The number of aromatic nitrogens is 1. The van der Waals surface area contributed by atoms with Gasteiger partial charge in [0.05, 0.1) is 12.2 Å². The van der Waals surface area contributed by atoms with Gasteiger partial charge in [0.1, 0.15) is 0 Å². The van der Waals surface area contributed by atoms with Gasteiger partial charge in [-0.1, -0.05) is 12.1 Å². The minimum absolute atomic E-state index is 0.616. The van der Waals surface area contributed by atoms with Gasteiger partial charge >= 0.3 is 0 Å². The highest BCUT2D eigenvalue weighted by Gasteiger charge is 2.27. The van der Waals surface area contributed by atoms with E-state index in [-0.39, 0.29) is 0 Å². The van der Waals surface area contributed by atoms with Gasteiger partial charge in [-0.3, -0.25) is 0 Å². The van der Waals surface area contributed by atoms with Crippen LogP contribution in [0.3, 0.4) is 0 Å². The number of rotatable bonds is 5. The van der Waals surface area contributed by atoms with E-state index in [1.165, 1.54) is 12.8 Å². The van der Waals surface area contributed by atoms with Crippen molar-refractivity contribution in [1.82, 2.24) is 10.5 Å². The molecule has 2 rings (SSSR count). The van der Waals surface area contributed by atoms with Crippen LogP contribution < -0.4 is 5.32 Å². The molecular formula is C11H18N2O. The number of aryl methyl sites for hydroxylation is 1. The summed E-state index contributed by atoms with van der Waals surface area (Å²) in [5.74, 6) is 1.85. The molecule has 1 unspecified atom stereocenters. The third-order valence-corrected chi connectivity index (χ3v) is 2.90. The second-order valence-corrected chi connectivity index (χ2v) is 4.15. The molecule has 0 aromatic carbocycles. The van der Waals surface area contributed by atoms with Crippen molar-refractivity contribution >= 4 is 0 Å². The van der Waals surface area contributed by atoms with Crippen LogP contribution in [0.2, 0.25) is 0 Å². The van der Waals surface area contributed by atoms with E-state index in [1.54, 1.807) is 0 Å². The van der Waals surface area contributed by atoms with Crippen molar-refractivity contribution in [2.75, 3.05) is 0 Å². The van der Waals surface area contributed by atoms with Crippen molar-refractivity contribution in [3.8, 4) is 0 Å². The summed E-state index contributed by atoms with van der Waals surface area (Å²) in [7, 11) is 0. The average molecular weight is 194 g/mol. The maximum Gasteiger partial charge on any atom is 0.150 e. The van der Waals surface area contributed by atoms with Crippen LogP contribution in [-0.4, -0.2) is 11.2 Å². The summed E-state index contributed by atoms with van der Waals surface area (Å²) in [6.45, 7) is 5.14. The predicted octanol–water partition coefficient (Wildman–Crippen LogP) is 2.13. The maximum absolute atomic E-state index is 5.19. The van der Waals surface area contributed by atoms with Gasteiger partial charge in [-0.2, -0.15) is 0 Å². The van der Waals surface area contributed by atoms with Crippen molar-refractivity contribution in [2.24, 2.45) is 5.92 Å². The topological polar surface area (TPSA) is 38.1 Å². The molecule has 0 bridgehead atoms. The highest BCUT2D eigenvalue weighted by molar-refractivity contribution is 5.05. The van der Waals surface area contributed by atoms with Crippen molar-refractivity contribution < 1.29 is 4.52 Å². The Hall–Kier alpha value is -0.830. The highest BCUT2D eigenvalue weighted by Crippen LogP contribution is 2.32. The Labute approximate surface area is 84.9 Å².